The lowest BCUT2D eigenvalue weighted by Crippen LogP contribution is -2.18. The number of hydrogen-bond donors (Lipinski definition) is 1. The van der Waals surface area contributed by atoms with Gasteiger partial charge in [-0.3, -0.25) is 4.79 Å². The summed E-state index contributed by atoms with van der Waals surface area (Å²) in [4.78, 5) is 10.6. The Morgan fingerprint density at radius 2 is 1.93 bits per heavy atom. The first-order valence-corrected chi connectivity index (χ1v) is 4.27. The van der Waals surface area contributed by atoms with Gasteiger partial charge in [0.1, 0.15) is 5.75 Å². The quantitative estimate of drug-likeness (QED) is 0.451. The Balaban J connectivity index is 2.51. The van der Waals surface area contributed by atoms with Crippen LogP contribution in [0.1, 0.15) is 13.8 Å². The van der Waals surface area contributed by atoms with Gasteiger partial charge in [0.25, 0.3) is 0 Å². The Bertz CT molecular complexity index is 308. The Kier molecular flexibility index (Phi) is 3.34. The molecule has 0 saturated carbocycles. The van der Waals surface area contributed by atoms with E-state index >= 15 is 0 Å². The molecule has 0 aromatic heterocycles. The largest absolute Gasteiger partial charge is 0.455 e. The summed E-state index contributed by atoms with van der Waals surface area (Å²) in [6.07, 6.45) is -0.587. The van der Waals surface area contributed by atoms with E-state index in [0.717, 1.165) is 0 Å². The van der Waals surface area contributed by atoms with E-state index in [2.05, 4.69) is 0 Å². The SMILES string of the molecule is CC(=O)OC(C)Oc1ccc(N)cc1. The number of nitrogen functional groups attached to an aromatic ring is 1. The van der Waals surface area contributed by atoms with E-state index in [1.807, 2.05) is 0 Å². The van der Waals surface area contributed by atoms with E-state index in [1.165, 1.54) is 6.92 Å². The standard InChI is InChI=1S/C10H13NO3/c1-7(12)13-8(2)14-10-5-3-9(11)4-6-10/h3-6,8H,11H2,1-2H3. The molecule has 14 heavy (non-hydrogen) atoms. The molecule has 2 N–H and O–H groups in total. The van der Waals surface area contributed by atoms with Crippen LogP contribution in [0.4, 0.5) is 5.69 Å². The fraction of sp³-hybridized carbons (Fsp3) is 0.300. The van der Waals surface area contributed by atoms with Crippen LogP contribution in [0.25, 0.3) is 0 Å². The molecule has 0 spiro atoms. The highest BCUT2D eigenvalue weighted by Gasteiger charge is 2.05. The van der Waals surface area contributed by atoms with Gasteiger partial charge in [-0.05, 0) is 24.3 Å². The van der Waals surface area contributed by atoms with Gasteiger partial charge in [-0.1, -0.05) is 0 Å². The van der Waals surface area contributed by atoms with Gasteiger partial charge in [-0.2, -0.15) is 0 Å². The van der Waals surface area contributed by atoms with Gasteiger partial charge in [-0.15, -0.1) is 0 Å². The first-order valence-electron chi connectivity index (χ1n) is 4.27. The van der Waals surface area contributed by atoms with Crippen LogP contribution in [0.3, 0.4) is 0 Å². The van der Waals surface area contributed by atoms with E-state index in [9.17, 15) is 4.79 Å². The van der Waals surface area contributed by atoms with Crippen molar-refractivity contribution in [1.29, 1.82) is 0 Å². The van der Waals surface area contributed by atoms with Crippen LogP contribution >= 0.6 is 0 Å². The fourth-order valence-corrected chi connectivity index (χ4v) is 0.996. The summed E-state index contributed by atoms with van der Waals surface area (Å²) in [5.74, 6) is 0.251. The third-order valence-electron chi connectivity index (χ3n) is 1.51. The molecule has 76 valence electrons. The van der Waals surface area contributed by atoms with Crippen molar-refractivity contribution in [2.75, 3.05) is 5.73 Å². The van der Waals surface area contributed by atoms with Crippen molar-refractivity contribution in [3.63, 3.8) is 0 Å². The second-order valence-electron chi connectivity index (χ2n) is 2.86. The van der Waals surface area contributed by atoms with E-state index in [4.69, 9.17) is 15.2 Å². The molecule has 0 aliphatic carbocycles. The number of esters is 1. The average molecular weight is 195 g/mol. The molecule has 0 heterocycles. The lowest BCUT2D eigenvalue weighted by Gasteiger charge is -2.13. The van der Waals surface area contributed by atoms with Crippen molar-refractivity contribution in [2.24, 2.45) is 0 Å². The van der Waals surface area contributed by atoms with Crippen molar-refractivity contribution in [3.8, 4) is 5.75 Å². The van der Waals surface area contributed by atoms with Crippen LogP contribution in [0.5, 0.6) is 5.75 Å². The zero-order chi connectivity index (χ0) is 10.6. The summed E-state index contributed by atoms with van der Waals surface area (Å²) in [5.41, 5.74) is 6.16. The Hall–Kier alpha value is -1.71. The van der Waals surface area contributed by atoms with Gasteiger partial charge in [0.15, 0.2) is 0 Å². The van der Waals surface area contributed by atoms with Crippen molar-refractivity contribution in [1.82, 2.24) is 0 Å². The van der Waals surface area contributed by atoms with Gasteiger partial charge >= 0.3 is 5.97 Å². The highest BCUT2D eigenvalue weighted by Crippen LogP contribution is 2.14. The van der Waals surface area contributed by atoms with Crippen LogP contribution in [0.15, 0.2) is 24.3 Å². The summed E-state index contributed by atoms with van der Waals surface area (Å²) in [6.45, 7) is 2.99. The number of benzene rings is 1. The highest BCUT2D eigenvalue weighted by atomic mass is 16.7. The first-order chi connectivity index (χ1) is 6.58. The average Bonchev–Trinajstić information content (AvgIpc) is 2.07. The zero-order valence-corrected chi connectivity index (χ0v) is 8.19. The molecule has 0 amide bonds. The molecule has 0 aliphatic rings. The minimum absolute atomic E-state index is 0.368. The first kappa shape index (κ1) is 10.4. The minimum Gasteiger partial charge on any atom is -0.455 e. The van der Waals surface area contributed by atoms with Crippen molar-refractivity contribution in [3.05, 3.63) is 24.3 Å². The van der Waals surface area contributed by atoms with Crippen LogP contribution in [0.2, 0.25) is 0 Å². The molecule has 1 unspecified atom stereocenters. The lowest BCUT2D eigenvalue weighted by molar-refractivity contribution is -0.158. The molecule has 0 fully saturated rings. The molecular formula is C10H13NO3. The van der Waals surface area contributed by atoms with Gasteiger partial charge in [0, 0.05) is 19.5 Å². The normalized spacial score (nSPS) is 11.9. The summed E-state index contributed by atoms with van der Waals surface area (Å²) in [6, 6.07) is 6.87. The number of hydrogen-bond acceptors (Lipinski definition) is 4. The van der Waals surface area contributed by atoms with Crippen LogP contribution in [-0.2, 0) is 9.53 Å². The van der Waals surface area contributed by atoms with Gasteiger partial charge in [0.05, 0.1) is 0 Å². The summed E-state index contributed by atoms with van der Waals surface area (Å²) in [7, 11) is 0. The van der Waals surface area contributed by atoms with Crippen molar-refractivity contribution >= 4 is 11.7 Å². The maximum absolute atomic E-state index is 10.6. The monoisotopic (exact) mass is 195 g/mol. The molecule has 0 radical (unpaired) electrons. The summed E-state index contributed by atoms with van der Waals surface area (Å²) in [5, 5.41) is 0. The molecular weight excluding hydrogens is 182 g/mol. The Morgan fingerprint density at radius 1 is 1.36 bits per heavy atom. The van der Waals surface area contributed by atoms with E-state index in [0.29, 0.717) is 11.4 Å². The number of ether oxygens (including phenoxy) is 2. The van der Waals surface area contributed by atoms with Gasteiger partial charge in [0.2, 0.25) is 6.29 Å². The van der Waals surface area contributed by atoms with Crippen LogP contribution in [0, 0.1) is 0 Å². The van der Waals surface area contributed by atoms with E-state index in [1.54, 1.807) is 31.2 Å². The molecule has 1 atom stereocenters. The molecule has 1 rings (SSSR count). The van der Waals surface area contributed by atoms with Gasteiger partial charge in [-0.25, -0.2) is 0 Å². The number of carbonyl (C=O) groups is 1. The third-order valence-corrected chi connectivity index (χ3v) is 1.51. The maximum Gasteiger partial charge on any atom is 0.305 e. The molecule has 0 saturated heterocycles. The minimum atomic E-state index is -0.587. The van der Waals surface area contributed by atoms with Crippen molar-refractivity contribution in [2.45, 2.75) is 20.1 Å². The Morgan fingerprint density at radius 3 is 2.43 bits per heavy atom. The molecule has 4 nitrogen and oxygen atoms in total. The van der Waals surface area contributed by atoms with Crippen LogP contribution in [-0.4, -0.2) is 12.3 Å². The predicted octanol–water partition coefficient (Wildman–Crippen LogP) is 1.56. The van der Waals surface area contributed by atoms with E-state index < -0.39 is 6.29 Å². The number of nitrogens with two attached hydrogens (primary N) is 1. The second-order valence-corrected chi connectivity index (χ2v) is 2.86. The smallest absolute Gasteiger partial charge is 0.305 e. The van der Waals surface area contributed by atoms with Gasteiger partial charge < -0.3 is 15.2 Å². The topological polar surface area (TPSA) is 61.5 Å². The molecule has 4 heteroatoms. The predicted molar refractivity (Wildman–Crippen MR) is 52.7 cm³/mol. The second kappa shape index (κ2) is 4.50. The third kappa shape index (κ3) is 3.35. The number of carbonyl (C=O) groups excluding carboxylic acids is 1. The highest BCUT2D eigenvalue weighted by molar-refractivity contribution is 5.66. The Labute approximate surface area is 82.6 Å². The fourth-order valence-electron chi connectivity index (χ4n) is 0.996. The summed E-state index contributed by atoms with van der Waals surface area (Å²) < 4.78 is 10.1. The molecule has 1 aromatic rings. The maximum atomic E-state index is 10.6. The molecule has 1 aromatic carbocycles. The van der Waals surface area contributed by atoms with E-state index in [-0.39, 0.29) is 5.97 Å². The zero-order valence-electron chi connectivity index (χ0n) is 8.19. The lowest BCUT2D eigenvalue weighted by atomic mass is 10.3. The number of anilines is 1. The van der Waals surface area contributed by atoms with Crippen LogP contribution < -0.4 is 10.5 Å². The molecule has 0 bridgehead atoms. The molecule has 0 aliphatic heterocycles. The van der Waals surface area contributed by atoms with Crippen molar-refractivity contribution < 1.29 is 14.3 Å². The number of rotatable bonds is 3. The summed E-state index contributed by atoms with van der Waals surface area (Å²) >= 11 is 0.